The number of aliphatic hydroxyl groups excluding tert-OH is 1. The van der Waals surface area contributed by atoms with Gasteiger partial charge in [-0.1, -0.05) is 37.1 Å². The van der Waals surface area contributed by atoms with Gasteiger partial charge in [0.05, 0.1) is 23.2 Å². The van der Waals surface area contributed by atoms with Gasteiger partial charge in [0.2, 0.25) is 0 Å². The number of hydrogen-bond donors (Lipinski definition) is 2. The average molecular weight is 455 g/mol. The van der Waals surface area contributed by atoms with E-state index in [9.17, 15) is 19.8 Å². The fraction of sp³-hybridized carbons (Fsp3) is 0.714. The SMILES string of the molecule is CC1=C(CO)C(=O)OC([C@@H](C)[C@@]2(O)CC[C@H]3[C@@H]4CC=C5CC=CC(=O)[C@]5(C)[C@H]4CC[C@@]32C)C1. The Kier molecular flexibility index (Phi) is 5.34. The van der Waals surface area contributed by atoms with Crippen molar-refractivity contribution in [3.05, 3.63) is 34.9 Å². The van der Waals surface area contributed by atoms with Crippen molar-refractivity contribution in [2.24, 2.45) is 34.5 Å². The number of carbonyl (C=O) groups is 2. The van der Waals surface area contributed by atoms with Gasteiger partial charge in [0.15, 0.2) is 5.78 Å². The Morgan fingerprint density at radius 1 is 1.18 bits per heavy atom. The first-order valence-electron chi connectivity index (χ1n) is 12.7. The number of aliphatic hydroxyl groups is 2. The molecular formula is C28H38O5. The molecule has 8 atom stereocenters. The van der Waals surface area contributed by atoms with E-state index >= 15 is 0 Å². The Balaban J connectivity index is 1.44. The van der Waals surface area contributed by atoms with Crippen LogP contribution in [0, 0.1) is 34.5 Å². The maximum Gasteiger partial charge on any atom is 0.336 e. The van der Waals surface area contributed by atoms with E-state index in [1.165, 1.54) is 5.57 Å². The molecule has 2 N–H and O–H groups in total. The van der Waals surface area contributed by atoms with E-state index in [0.29, 0.717) is 36.2 Å². The zero-order valence-electron chi connectivity index (χ0n) is 20.4. The van der Waals surface area contributed by atoms with Crippen LogP contribution in [-0.4, -0.2) is 40.3 Å². The molecule has 0 bridgehead atoms. The monoisotopic (exact) mass is 454 g/mol. The minimum absolute atomic E-state index is 0.201. The first kappa shape index (κ1) is 23.0. The molecule has 1 unspecified atom stereocenters. The summed E-state index contributed by atoms with van der Waals surface area (Å²) in [5.41, 5.74) is 0.908. The minimum Gasteiger partial charge on any atom is -0.458 e. The van der Waals surface area contributed by atoms with Crippen molar-refractivity contribution < 1.29 is 24.5 Å². The summed E-state index contributed by atoms with van der Waals surface area (Å²) >= 11 is 0. The zero-order valence-corrected chi connectivity index (χ0v) is 20.4. The topological polar surface area (TPSA) is 83.8 Å². The standard InChI is InChI=1S/C28H38O5/c1-16-14-23(33-25(31)20(16)15-29)17(2)28(32)13-11-21-19-9-8-18-6-5-7-24(30)27(18,4)22(19)10-12-26(21,28)3/h5,7-8,17,19,21-23,29,32H,6,9-15H2,1-4H3/t17-,19+,21+,22+,23?,26+,27+,28+/m1/s1. The summed E-state index contributed by atoms with van der Waals surface area (Å²) in [6.45, 7) is 8.01. The van der Waals surface area contributed by atoms with Crippen LogP contribution in [0.1, 0.15) is 72.6 Å². The number of fused-ring (bicyclic) bond motifs is 5. The highest BCUT2D eigenvalue weighted by Crippen LogP contribution is 2.68. The summed E-state index contributed by atoms with van der Waals surface area (Å²) in [5, 5.41) is 21.8. The molecule has 0 saturated heterocycles. The van der Waals surface area contributed by atoms with E-state index in [2.05, 4.69) is 19.9 Å². The van der Waals surface area contributed by atoms with Crippen LogP contribution in [0.25, 0.3) is 0 Å². The molecule has 5 nitrogen and oxygen atoms in total. The summed E-state index contributed by atoms with van der Waals surface area (Å²) in [6, 6.07) is 0. The fourth-order valence-corrected chi connectivity index (χ4v) is 8.60. The van der Waals surface area contributed by atoms with Gasteiger partial charge in [-0.2, -0.15) is 0 Å². The molecule has 2 fully saturated rings. The number of ketones is 1. The Morgan fingerprint density at radius 3 is 2.61 bits per heavy atom. The Labute approximate surface area is 197 Å². The molecule has 1 heterocycles. The molecular weight excluding hydrogens is 416 g/mol. The third-order valence-corrected chi connectivity index (χ3v) is 10.8. The van der Waals surface area contributed by atoms with Crippen molar-refractivity contribution in [3.63, 3.8) is 0 Å². The zero-order chi connectivity index (χ0) is 23.8. The molecule has 33 heavy (non-hydrogen) atoms. The van der Waals surface area contributed by atoms with Crippen LogP contribution in [0.3, 0.4) is 0 Å². The summed E-state index contributed by atoms with van der Waals surface area (Å²) in [7, 11) is 0. The van der Waals surface area contributed by atoms with Crippen molar-refractivity contribution in [2.75, 3.05) is 6.61 Å². The van der Waals surface area contributed by atoms with Crippen LogP contribution in [0.2, 0.25) is 0 Å². The maximum atomic E-state index is 13.1. The van der Waals surface area contributed by atoms with E-state index in [1.807, 2.05) is 19.9 Å². The molecule has 0 aromatic carbocycles. The number of allylic oxidation sites excluding steroid dienone is 4. The van der Waals surface area contributed by atoms with Gasteiger partial charge in [0, 0.05) is 12.3 Å². The Morgan fingerprint density at radius 2 is 1.91 bits per heavy atom. The molecule has 4 aliphatic carbocycles. The second kappa shape index (κ2) is 7.64. The third-order valence-electron chi connectivity index (χ3n) is 10.8. The highest BCUT2D eigenvalue weighted by Gasteiger charge is 2.66. The van der Waals surface area contributed by atoms with Crippen molar-refractivity contribution in [2.45, 2.75) is 84.3 Å². The molecule has 5 heteroatoms. The predicted molar refractivity (Wildman–Crippen MR) is 125 cm³/mol. The lowest BCUT2D eigenvalue weighted by molar-refractivity contribution is -0.181. The van der Waals surface area contributed by atoms with E-state index < -0.39 is 17.0 Å². The van der Waals surface area contributed by atoms with E-state index in [-0.39, 0.29) is 29.8 Å². The van der Waals surface area contributed by atoms with Crippen molar-refractivity contribution >= 4 is 11.8 Å². The molecule has 180 valence electrons. The van der Waals surface area contributed by atoms with Crippen molar-refractivity contribution in [3.8, 4) is 0 Å². The minimum atomic E-state index is -0.925. The normalized spacial score (nSPS) is 45.7. The van der Waals surface area contributed by atoms with Crippen LogP contribution >= 0.6 is 0 Å². The van der Waals surface area contributed by atoms with Gasteiger partial charge in [-0.15, -0.1) is 0 Å². The van der Waals surface area contributed by atoms with Crippen LogP contribution < -0.4 is 0 Å². The van der Waals surface area contributed by atoms with Crippen LogP contribution in [0.15, 0.2) is 34.9 Å². The van der Waals surface area contributed by atoms with Gasteiger partial charge in [-0.25, -0.2) is 4.79 Å². The number of hydrogen-bond acceptors (Lipinski definition) is 5. The lowest BCUT2D eigenvalue weighted by atomic mass is 9.46. The van der Waals surface area contributed by atoms with Gasteiger partial charge in [0.25, 0.3) is 0 Å². The Hall–Kier alpha value is -1.72. The lowest BCUT2D eigenvalue weighted by Gasteiger charge is -2.58. The molecule has 0 amide bonds. The fourth-order valence-electron chi connectivity index (χ4n) is 8.60. The van der Waals surface area contributed by atoms with Gasteiger partial charge >= 0.3 is 5.97 Å². The summed E-state index contributed by atoms with van der Waals surface area (Å²) in [4.78, 5) is 25.5. The van der Waals surface area contributed by atoms with Gasteiger partial charge in [-0.05, 0) is 81.6 Å². The third kappa shape index (κ3) is 2.97. The van der Waals surface area contributed by atoms with Crippen LogP contribution in [-0.2, 0) is 14.3 Å². The number of carbonyl (C=O) groups excluding carboxylic acids is 2. The molecule has 5 aliphatic rings. The second-order valence-corrected chi connectivity index (χ2v) is 11.8. The number of ether oxygens (including phenoxy) is 1. The molecule has 1 aliphatic heterocycles. The maximum absolute atomic E-state index is 13.1. The van der Waals surface area contributed by atoms with Crippen LogP contribution in [0.4, 0.5) is 0 Å². The number of esters is 1. The smallest absolute Gasteiger partial charge is 0.336 e. The average Bonchev–Trinajstić information content (AvgIpc) is 3.06. The van der Waals surface area contributed by atoms with E-state index in [0.717, 1.165) is 37.7 Å². The van der Waals surface area contributed by atoms with Gasteiger partial charge in [0.1, 0.15) is 6.10 Å². The molecule has 0 radical (unpaired) electrons. The molecule has 0 spiro atoms. The highest BCUT2D eigenvalue weighted by molar-refractivity contribution is 5.98. The molecule has 5 rings (SSSR count). The van der Waals surface area contributed by atoms with Gasteiger partial charge in [-0.3, -0.25) is 4.79 Å². The Bertz CT molecular complexity index is 975. The predicted octanol–water partition coefficient (Wildman–Crippen LogP) is 4.29. The second-order valence-electron chi connectivity index (χ2n) is 11.8. The van der Waals surface area contributed by atoms with Crippen molar-refractivity contribution in [1.82, 2.24) is 0 Å². The summed E-state index contributed by atoms with van der Waals surface area (Å²) in [6.07, 6.45) is 11.6. The van der Waals surface area contributed by atoms with Crippen LogP contribution in [0.5, 0.6) is 0 Å². The van der Waals surface area contributed by atoms with Crippen molar-refractivity contribution in [1.29, 1.82) is 0 Å². The molecule has 0 aromatic heterocycles. The largest absolute Gasteiger partial charge is 0.458 e. The van der Waals surface area contributed by atoms with Gasteiger partial charge < -0.3 is 14.9 Å². The van der Waals surface area contributed by atoms with E-state index in [1.54, 1.807) is 6.08 Å². The number of rotatable bonds is 3. The number of cyclic esters (lactones) is 1. The summed E-state index contributed by atoms with van der Waals surface area (Å²) in [5.74, 6) is 0.665. The first-order valence-corrected chi connectivity index (χ1v) is 12.7. The van der Waals surface area contributed by atoms with E-state index in [4.69, 9.17) is 4.74 Å². The lowest BCUT2D eigenvalue weighted by Crippen LogP contribution is -2.59. The quantitative estimate of drug-likeness (QED) is 0.491. The summed E-state index contributed by atoms with van der Waals surface area (Å²) < 4.78 is 5.75. The molecule has 2 saturated carbocycles. The highest BCUT2D eigenvalue weighted by atomic mass is 16.5. The molecule has 0 aromatic rings. The first-order chi connectivity index (χ1) is 15.6.